The van der Waals surface area contributed by atoms with Gasteiger partial charge in [-0.25, -0.2) is 24.1 Å². The number of fused-ring (bicyclic) bond motifs is 1. The van der Waals surface area contributed by atoms with Gasteiger partial charge in [-0.3, -0.25) is 0 Å². The van der Waals surface area contributed by atoms with Crippen LogP contribution in [0.5, 0.6) is 0 Å². The summed E-state index contributed by atoms with van der Waals surface area (Å²) in [6.07, 6.45) is 3.02. The summed E-state index contributed by atoms with van der Waals surface area (Å²) in [7, 11) is 0. The number of hydrogen-bond acceptors (Lipinski definition) is 8. The van der Waals surface area contributed by atoms with Gasteiger partial charge >= 0.3 is 12.2 Å². The molecule has 0 spiro atoms. The zero-order valence-corrected chi connectivity index (χ0v) is 21.6. The molecule has 0 aromatic carbocycles. The summed E-state index contributed by atoms with van der Waals surface area (Å²) < 4.78 is 13.0. The van der Waals surface area contributed by atoms with Crippen molar-refractivity contribution < 1.29 is 19.1 Å². The smallest absolute Gasteiger partial charge is 0.410 e. The number of ether oxygens (including phenoxy) is 2. The molecule has 1 N–H and O–H groups in total. The fourth-order valence-corrected chi connectivity index (χ4v) is 4.43. The molecule has 0 saturated carbocycles. The van der Waals surface area contributed by atoms with Gasteiger partial charge in [0.1, 0.15) is 17.5 Å². The van der Waals surface area contributed by atoms with Crippen molar-refractivity contribution in [1.82, 2.24) is 29.4 Å². The average molecular weight is 488 g/mol. The first-order valence-corrected chi connectivity index (χ1v) is 12.4. The van der Waals surface area contributed by atoms with Crippen molar-refractivity contribution in [2.75, 3.05) is 31.5 Å². The van der Waals surface area contributed by atoms with Crippen molar-refractivity contribution in [1.29, 1.82) is 0 Å². The number of rotatable bonds is 4. The Morgan fingerprint density at radius 2 is 1.77 bits per heavy atom. The van der Waals surface area contributed by atoms with Gasteiger partial charge in [0.2, 0.25) is 0 Å². The number of nitrogens with one attached hydrogen (secondary N) is 1. The number of carbonyl (C=O) groups excluding carboxylic acids is 2. The standard InChI is InChI=1S/C24H37N7O4/c1-15(2)19-13-25-21-20(26-16(3)28-31(19)21)27-17-7-10-29(11-8-17)22(32)34-18-9-12-30(14-18)23(33)35-24(4,5)6/h13,15,17-18H,7-12,14H2,1-6H3,(H,26,27,28)/t18-/m0/s1. The van der Waals surface area contributed by atoms with Gasteiger partial charge < -0.3 is 24.6 Å². The molecule has 35 heavy (non-hydrogen) atoms. The van der Waals surface area contributed by atoms with E-state index in [1.54, 1.807) is 9.80 Å². The number of nitrogens with zero attached hydrogens (tertiary/aromatic N) is 6. The number of likely N-dealkylation sites (tertiary alicyclic amines) is 2. The van der Waals surface area contributed by atoms with Crippen molar-refractivity contribution in [3.05, 3.63) is 17.7 Å². The van der Waals surface area contributed by atoms with E-state index in [-0.39, 0.29) is 24.3 Å². The second kappa shape index (κ2) is 9.87. The van der Waals surface area contributed by atoms with Crippen LogP contribution in [0.3, 0.4) is 0 Å². The average Bonchev–Trinajstić information content (AvgIpc) is 3.40. The lowest BCUT2D eigenvalue weighted by atomic mass is 10.1. The van der Waals surface area contributed by atoms with Crippen LogP contribution in [-0.2, 0) is 9.47 Å². The van der Waals surface area contributed by atoms with Crippen LogP contribution in [0.25, 0.3) is 5.65 Å². The van der Waals surface area contributed by atoms with E-state index in [0.29, 0.717) is 44.3 Å². The number of aryl methyl sites for hydroxylation is 1. The predicted octanol–water partition coefficient (Wildman–Crippen LogP) is 3.58. The van der Waals surface area contributed by atoms with Gasteiger partial charge in [0.05, 0.1) is 18.4 Å². The highest BCUT2D eigenvalue weighted by Crippen LogP contribution is 2.23. The van der Waals surface area contributed by atoms with Gasteiger partial charge in [0.25, 0.3) is 0 Å². The maximum atomic E-state index is 12.7. The molecule has 192 valence electrons. The lowest BCUT2D eigenvalue weighted by Gasteiger charge is -2.32. The largest absolute Gasteiger partial charge is 0.444 e. The second-order valence-corrected chi connectivity index (χ2v) is 10.7. The minimum atomic E-state index is -0.547. The topological polar surface area (TPSA) is 114 Å². The molecule has 2 fully saturated rings. The predicted molar refractivity (Wildman–Crippen MR) is 131 cm³/mol. The zero-order valence-electron chi connectivity index (χ0n) is 21.6. The van der Waals surface area contributed by atoms with Crippen LogP contribution in [0.15, 0.2) is 6.20 Å². The number of carbonyl (C=O) groups is 2. The van der Waals surface area contributed by atoms with E-state index >= 15 is 0 Å². The molecule has 4 heterocycles. The molecular weight excluding hydrogens is 450 g/mol. The Kier molecular flexibility index (Phi) is 7.05. The zero-order chi connectivity index (χ0) is 25.3. The Morgan fingerprint density at radius 3 is 2.43 bits per heavy atom. The van der Waals surface area contributed by atoms with E-state index < -0.39 is 5.60 Å². The number of aromatic nitrogens is 4. The van der Waals surface area contributed by atoms with Crippen LogP contribution < -0.4 is 5.32 Å². The summed E-state index contributed by atoms with van der Waals surface area (Å²) >= 11 is 0. The molecule has 11 nitrogen and oxygen atoms in total. The Labute approximate surface area is 206 Å². The molecule has 0 aliphatic carbocycles. The van der Waals surface area contributed by atoms with Crippen LogP contribution in [0.1, 0.15) is 71.3 Å². The van der Waals surface area contributed by atoms with Gasteiger partial charge in [-0.2, -0.15) is 5.10 Å². The van der Waals surface area contributed by atoms with Crippen molar-refractivity contribution in [3.63, 3.8) is 0 Å². The number of anilines is 1. The molecule has 2 aliphatic rings. The Morgan fingerprint density at radius 1 is 1.09 bits per heavy atom. The molecule has 2 aromatic heterocycles. The molecule has 11 heteroatoms. The minimum absolute atomic E-state index is 0.172. The summed E-state index contributed by atoms with van der Waals surface area (Å²) in [4.78, 5) is 37.4. The lowest BCUT2D eigenvalue weighted by molar-refractivity contribution is 0.0235. The molecule has 4 rings (SSSR count). The van der Waals surface area contributed by atoms with Gasteiger partial charge in [0, 0.05) is 32.1 Å². The monoisotopic (exact) mass is 487 g/mol. The van der Waals surface area contributed by atoms with E-state index in [1.165, 1.54) is 0 Å². The number of piperidine rings is 1. The van der Waals surface area contributed by atoms with Gasteiger partial charge in [-0.1, -0.05) is 13.8 Å². The van der Waals surface area contributed by atoms with Gasteiger partial charge in [-0.05, 0) is 46.5 Å². The maximum absolute atomic E-state index is 12.7. The molecule has 1 atom stereocenters. The third-order valence-electron chi connectivity index (χ3n) is 6.24. The van der Waals surface area contributed by atoms with Crippen molar-refractivity contribution in [2.45, 2.75) is 84.5 Å². The highest BCUT2D eigenvalue weighted by Gasteiger charge is 2.33. The van der Waals surface area contributed by atoms with Crippen LogP contribution in [-0.4, -0.2) is 85.5 Å². The normalized spacial score (nSPS) is 19.5. The molecule has 0 bridgehead atoms. The third kappa shape index (κ3) is 5.94. The minimum Gasteiger partial charge on any atom is -0.444 e. The van der Waals surface area contributed by atoms with E-state index in [4.69, 9.17) is 9.47 Å². The Hall–Kier alpha value is -3.11. The highest BCUT2D eigenvalue weighted by atomic mass is 16.6. The van der Waals surface area contributed by atoms with E-state index in [9.17, 15) is 9.59 Å². The molecule has 2 saturated heterocycles. The number of hydrogen-bond donors (Lipinski definition) is 1. The summed E-state index contributed by atoms with van der Waals surface area (Å²) in [6, 6.07) is 0.172. The highest BCUT2D eigenvalue weighted by molar-refractivity contribution is 5.70. The van der Waals surface area contributed by atoms with Crippen LogP contribution >= 0.6 is 0 Å². The fourth-order valence-electron chi connectivity index (χ4n) is 4.43. The van der Waals surface area contributed by atoms with Crippen LogP contribution in [0.4, 0.5) is 15.4 Å². The third-order valence-corrected chi connectivity index (χ3v) is 6.24. The molecule has 0 radical (unpaired) electrons. The first-order valence-electron chi connectivity index (χ1n) is 12.4. The molecular formula is C24H37N7O4. The van der Waals surface area contributed by atoms with Gasteiger partial charge in [-0.15, -0.1) is 0 Å². The summed E-state index contributed by atoms with van der Waals surface area (Å²) in [5.41, 5.74) is 1.22. The summed E-state index contributed by atoms with van der Waals surface area (Å²) in [5.74, 6) is 1.70. The molecule has 2 amide bonds. The molecule has 2 aliphatic heterocycles. The molecule has 0 unspecified atom stereocenters. The van der Waals surface area contributed by atoms with Crippen LogP contribution in [0, 0.1) is 6.92 Å². The second-order valence-electron chi connectivity index (χ2n) is 10.7. The van der Waals surface area contributed by atoms with Crippen molar-refractivity contribution in [2.24, 2.45) is 0 Å². The number of amides is 2. The Balaban J connectivity index is 1.28. The summed E-state index contributed by atoms with van der Waals surface area (Å²) in [6.45, 7) is 13.7. The first-order chi connectivity index (χ1) is 16.5. The first kappa shape index (κ1) is 25.0. The maximum Gasteiger partial charge on any atom is 0.410 e. The van der Waals surface area contributed by atoms with Crippen molar-refractivity contribution >= 4 is 23.7 Å². The van der Waals surface area contributed by atoms with E-state index in [2.05, 4.69) is 34.2 Å². The lowest BCUT2D eigenvalue weighted by Crippen LogP contribution is -2.44. The quantitative estimate of drug-likeness (QED) is 0.696. The van der Waals surface area contributed by atoms with E-state index in [0.717, 1.165) is 30.0 Å². The van der Waals surface area contributed by atoms with Crippen molar-refractivity contribution in [3.8, 4) is 0 Å². The SMILES string of the molecule is Cc1nc(NC2CCN(C(=O)O[C@H]3CCN(C(=O)OC(C)(C)C)C3)CC2)c2ncc(C(C)C)n2n1. The van der Waals surface area contributed by atoms with Gasteiger partial charge in [0.15, 0.2) is 11.5 Å². The molecule has 2 aromatic rings. The summed E-state index contributed by atoms with van der Waals surface area (Å²) in [5, 5.41) is 8.04. The number of imidazole rings is 1. The fraction of sp³-hybridized carbons (Fsp3) is 0.708. The Bertz CT molecular complexity index is 1070. The van der Waals surface area contributed by atoms with E-state index in [1.807, 2.05) is 38.4 Å². The van der Waals surface area contributed by atoms with Crippen LogP contribution in [0.2, 0.25) is 0 Å².